The fraction of sp³-hybridized carbons (Fsp3) is 0.333. The molecule has 0 spiro atoms. The summed E-state index contributed by atoms with van der Waals surface area (Å²) >= 11 is 0. The summed E-state index contributed by atoms with van der Waals surface area (Å²) in [6.45, 7) is 2.73. The predicted molar refractivity (Wildman–Crippen MR) is 116 cm³/mol. The van der Waals surface area contributed by atoms with Crippen molar-refractivity contribution in [3.05, 3.63) is 71.6 Å². The van der Waals surface area contributed by atoms with E-state index in [0.29, 0.717) is 25.9 Å². The number of hydrogen-bond donors (Lipinski definition) is 1. The zero-order valence-electron chi connectivity index (χ0n) is 18.1. The van der Waals surface area contributed by atoms with Gasteiger partial charge in [0.2, 0.25) is 5.91 Å². The van der Waals surface area contributed by atoms with Crippen LogP contribution in [0.1, 0.15) is 30.9 Å². The van der Waals surface area contributed by atoms with Gasteiger partial charge in [-0.1, -0.05) is 0 Å². The molecule has 2 aliphatic rings. The number of urea groups is 1. The number of hydrogen-bond acceptors (Lipinski definition) is 4. The summed E-state index contributed by atoms with van der Waals surface area (Å²) in [6.07, 6.45) is 6.96. The van der Waals surface area contributed by atoms with Crippen LogP contribution in [0, 0.1) is 17.6 Å². The first-order chi connectivity index (χ1) is 15.8. The molecule has 1 N–H and O–H groups in total. The molecule has 1 aromatic heterocycles. The molecule has 0 saturated carbocycles. The Bertz CT molecular complexity index is 1080. The Morgan fingerprint density at radius 1 is 1.15 bits per heavy atom. The van der Waals surface area contributed by atoms with Crippen molar-refractivity contribution in [3.63, 3.8) is 0 Å². The average Bonchev–Trinajstić information content (AvgIpc) is 3.01. The molecule has 7 nitrogen and oxygen atoms in total. The van der Waals surface area contributed by atoms with Gasteiger partial charge in [-0.15, -0.1) is 0 Å². The molecule has 2 aliphatic heterocycles. The van der Waals surface area contributed by atoms with E-state index >= 15 is 0 Å². The van der Waals surface area contributed by atoms with Gasteiger partial charge in [0, 0.05) is 37.6 Å². The fourth-order valence-electron chi connectivity index (χ4n) is 4.43. The quantitative estimate of drug-likeness (QED) is 0.556. The van der Waals surface area contributed by atoms with Crippen molar-refractivity contribution >= 4 is 23.9 Å². The number of halogens is 2. The third kappa shape index (κ3) is 4.76. The molecule has 1 atom stereocenters. The minimum absolute atomic E-state index is 0.123. The van der Waals surface area contributed by atoms with Crippen LogP contribution in [0.2, 0.25) is 0 Å². The van der Waals surface area contributed by atoms with Crippen molar-refractivity contribution in [1.82, 2.24) is 20.1 Å². The van der Waals surface area contributed by atoms with Crippen LogP contribution in [0.25, 0.3) is 6.08 Å². The summed E-state index contributed by atoms with van der Waals surface area (Å²) in [5.74, 6) is -2.09. The number of pyridine rings is 1. The molecular weight excluding hydrogens is 430 g/mol. The van der Waals surface area contributed by atoms with Gasteiger partial charge in [0.05, 0.1) is 6.54 Å². The number of rotatable bonds is 5. The molecule has 0 radical (unpaired) electrons. The number of benzene rings is 1. The maximum absolute atomic E-state index is 13.3. The Hall–Kier alpha value is -3.62. The molecule has 1 aromatic carbocycles. The highest BCUT2D eigenvalue weighted by Gasteiger charge is 2.52. The van der Waals surface area contributed by atoms with Crippen molar-refractivity contribution in [2.24, 2.45) is 5.92 Å². The van der Waals surface area contributed by atoms with Crippen LogP contribution >= 0.6 is 0 Å². The van der Waals surface area contributed by atoms with Gasteiger partial charge in [0.25, 0.3) is 5.91 Å². The Balaban J connectivity index is 1.37. The van der Waals surface area contributed by atoms with E-state index in [-0.39, 0.29) is 29.8 Å². The molecule has 2 aromatic rings. The summed E-state index contributed by atoms with van der Waals surface area (Å²) in [6, 6.07) is 6.14. The highest BCUT2D eigenvalue weighted by molar-refractivity contribution is 6.07. The van der Waals surface area contributed by atoms with Gasteiger partial charge in [-0.2, -0.15) is 0 Å². The Morgan fingerprint density at radius 3 is 2.42 bits per heavy atom. The van der Waals surface area contributed by atoms with E-state index in [1.54, 1.807) is 36.4 Å². The lowest BCUT2D eigenvalue weighted by atomic mass is 9.79. The second-order valence-corrected chi connectivity index (χ2v) is 8.51. The summed E-state index contributed by atoms with van der Waals surface area (Å²) in [4.78, 5) is 45.0. The zero-order valence-corrected chi connectivity index (χ0v) is 18.1. The number of carbonyl (C=O) groups excluding carboxylic acids is 3. The van der Waals surface area contributed by atoms with E-state index in [1.807, 2.05) is 0 Å². The molecule has 4 amide bonds. The predicted octanol–water partition coefficient (Wildman–Crippen LogP) is 3.12. The number of nitrogens with one attached hydrogen (secondary N) is 1. The summed E-state index contributed by atoms with van der Waals surface area (Å²) in [5.41, 5.74) is 0.0358. The van der Waals surface area contributed by atoms with Gasteiger partial charge in [-0.25, -0.2) is 13.6 Å². The van der Waals surface area contributed by atoms with Crippen LogP contribution in [0.3, 0.4) is 0 Å². The number of aromatic nitrogens is 1. The Kier molecular flexibility index (Phi) is 6.22. The van der Waals surface area contributed by atoms with Crippen LogP contribution in [-0.4, -0.2) is 51.3 Å². The van der Waals surface area contributed by atoms with E-state index in [9.17, 15) is 23.2 Å². The molecule has 2 fully saturated rings. The topological polar surface area (TPSA) is 82.6 Å². The minimum atomic E-state index is -1.03. The summed E-state index contributed by atoms with van der Waals surface area (Å²) in [5, 5.41) is 2.85. The van der Waals surface area contributed by atoms with Crippen LogP contribution in [-0.2, 0) is 16.1 Å². The summed E-state index contributed by atoms with van der Waals surface area (Å²) < 4.78 is 26.6. The number of imide groups is 1. The van der Waals surface area contributed by atoms with E-state index in [0.717, 1.165) is 23.8 Å². The SMILES string of the molecule is C[C@@]1(C2CCN(C(=O)/C=C/c3cc(F)cc(F)c3)CC2)NC(=O)N(Cc2ccncc2)C1=O. The van der Waals surface area contributed by atoms with Gasteiger partial charge in [-0.3, -0.25) is 19.5 Å². The molecule has 0 bridgehead atoms. The largest absolute Gasteiger partial charge is 0.339 e. The van der Waals surface area contributed by atoms with E-state index in [1.165, 1.54) is 17.1 Å². The second kappa shape index (κ2) is 9.09. The highest BCUT2D eigenvalue weighted by Crippen LogP contribution is 2.34. The lowest BCUT2D eigenvalue weighted by molar-refractivity contribution is -0.134. The lowest BCUT2D eigenvalue weighted by Crippen LogP contribution is -2.54. The normalized spacial score (nSPS) is 21.7. The molecule has 172 valence electrons. The summed E-state index contributed by atoms with van der Waals surface area (Å²) in [7, 11) is 0. The van der Waals surface area contributed by atoms with E-state index in [4.69, 9.17) is 0 Å². The molecule has 33 heavy (non-hydrogen) atoms. The first-order valence-electron chi connectivity index (χ1n) is 10.7. The third-order valence-corrected chi connectivity index (χ3v) is 6.32. The maximum atomic E-state index is 13.3. The number of nitrogens with zero attached hydrogens (tertiary/aromatic N) is 3. The number of piperidine rings is 1. The van der Waals surface area contributed by atoms with Gasteiger partial charge >= 0.3 is 6.03 Å². The van der Waals surface area contributed by atoms with Gasteiger partial charge in [0.1, 0.15) is 17.2 Å². The minimum Gasteiger partial charge on any atom is -0.339 e. The number of likely N-dealkylation sites (tertiary alicyclic amines) is 1. The number of amides is 4. The molecule has 0 unspecified atom stereocenters. The van der Waals surface area contributed by atoms with E-state index in [2.05, 4.69) is 10.3 Å². The standard InChI is InChI=1S/C24H24F2N4O3/c1-24(22(32)30(23(33)28-24)15-16-4-8-27-9-5-16)18-6-10-29(11-7-18)21(31)3-2-17-12-19(25)14-20(26)13-17/h2-5,8-9,12-14,18H,6-7,10-11,15H2,1H3,(H,28,33)/b3-2+/t24-/m0/s1. The van der Waals surface area contributed by atoms with Crippen molar-refractivity contribution in [1.29, 1.82) is 0 Å². The molecule has 3 heterocycles. The first-order valence-corrected chi connectivity index (χ1v) is 10.7. The highest BCUT2D eigenvalue weighted by atomic mass is 19.1. The third-order valence-electron chi connectivity index (χ3n) is 6.32. The first kappa shape index (κ1) is 22.6. The molecular formula is C24H24F2N4O3. The molecule has 4 rings (SSSR count). The fourth-order valence-corrected chi connectivity index (χ4v) is 4.43. The van der Waals surface area contributed by atoms with Crippen molar-refractivity contribution in [3.8, 4) is 0 Å². The van der Waals surface area contributed by atoms with Gasteiger partial charge in [-0.05, 0) is 67.2 Å². The smallest absolute Gasteiger partial charge is 0.325 e. The molecule has 2 saturated heterocycles. The van der Waals surface area contributed by atoms with Crippen LogP contribution < -0.4 is 5.32 Å². The Labute approximate surface area is 190 Å². The van der Waals surface area contributed by atoms with Crippen molar-refractivity contribution in [2.75, 3.05) is 13.1 Å². The van der Waals surface area contributed by atoms with Crippen LogP contribution in [0.15, 0.2) is 48.8 Å². The molecule has 0 aliphatic carbocycles. The van der Waals surface area contributed by atoms with Crippen molar-refractivity contribution in [2.45, 2.75) is 31.8 Å². The number of carbonyl (C=O) groups is 3. The van der Waals surface area contributed by atoms with Crippen molar-refractivity contribution < 1.29 is 23.2 Å². The lowest BCUT2D eigenvalue weighted by Gasteiger charge is -2.38. The zero-order chi connectivity index (χ0) is 23.6. The van der Waals surface area contributed by atoms with Crippen LogP contribution in [0.4, 0.5) is 13.6 Å². The van der Waals surface area contributed by atoms with E-state index < -0.39 is 23.2 Å². The maximum Gasteiger partial charge on any atom is 0.325 e. The second-order valence-electron chi connectivity index (χ2n) is 8.51. The monoisotopic (exact) mass is 454 g/mol. The average molecular weight is 454 g/mol. The van der Waals surface area contributed by atoms with Gasteiger partial charge in [0.15, 0.2) is 0 Å². The van der Waals surface area contributed by atoms with Gasteiger partial charge < -0.3 is 10.2 Å². The molecule has 9 heteroatoms. The Morgan fingerprint density at radius 2 is 1.79 bits per heavy atom. The van der Waals surface area contributed by atoms with Crippen LogP contribution in [0.5, 0.6) is 0 Å².